The Hall–Kier alpha value is -2.31. The highest BCUT2D eigenvalue weighted by Gasteiger charge is 2.21. The number of hydrogen-bond donors (Lipinski definition) is 2. The summed E-state index contributed by atoms with van der Waals surface area (Å²) in [5.74, 6) is -1.44. The third kappa shape index (κ3) is 4.41. The zero-order valence-electron chi connectivity index (χ0n) is 13.8. The number of esters is 1. The van der Waals surface area contributed by atoms with Crippen molar-refractivity contribution >= 4 is 46.5 Å². The molecule has 0 aliphatic carbocycles. The van der Waals surface area contributed by atoms with Crippen LogP contribution in [0.4, 0.5) is 5.69 Å². The maximum atomic E-state index is 12.1. The number of H-pyrrole nitrogens is 1. The van der Waals surface area contributed by atoms with E-state index in [1.807, 2.05) is 0 Å². The minimum Gasteiger partial charge on any atom is -0.451 e. The molecule has 0 radical (unpaired) electrons. The number of amides is 1. The van der Waals surface area contributed by atoms with E-state index in [1.165, 1.54) is 13.0 Å². The lowest BCUT2D eigenvalue weighted by Crippen LogP contribution is -2.21. The van der Waals surface area contributed by atoms with E-state index in [4.69, 9.17) is 27.9 Å². The molecule has 0 aliphatic heterocycles. The standard InChI is InChI=1S/C17H16Cl2N2O4/c1-8-15(10(3)22)9(2)20-16(8)17(24)25-7-14(23)21-13-6-11(18)4-5-12(13)19/h4-6,20H,7H2,1-3H3,(H,21,23). The van der Waals surface area contributed by atoms with E-state index >= 15 is 0 Å². The van der Waals surface area contributed by atoms with Crippen LogP contribution in [0.2, 0.25) is 10.0 Å². The lowest BCUT2D eigenvalue weighted by Gasteiger charge is -2.08. The maximum Gasteiger partial charge on any atom is 0.355 e. The number of benzene rings is 1. The number of Topliss-reactive ketones (excluding diaryl/α,β-unsaturated/α-hetero) is 1. The highest BCUT2D eigenvalue weighted by molar-refractivity contribution is 6.35. The lowest BCUT2D eigenvalue weighted by atomic mass is 10.1. The van der Waals surface area contributed by atoms with Gasteiger partial charge in [0.05, 0.1) is 10.7 Å². The number of carbonyl (C=O) groups is 3. The van der Waals surface area contributed by atoms with Crippen LogP contribution in [0.5, 0.6) is 0 Å². The largest absolute Gasteiger partial charge is 0.451 e. The number of hydrogen-bond acceptors (Lipinski definition) is 4. The van der Waals surface area contributed by atoms with E-state index in [0.29, 0.717) is 32.6 Å². The second-order valence-corrected chi connectivity index (χ2v) is 6.27. The summed E-state index contributed by atoms with van der Waals surface area (Å²) in [6.45, 7) is 4.24. The molecule has 25 heavy (non-hydrogen) atoms. The van der Waals surface area contributed by atoms with Crippen LogP contribution in [-0.2, 0) is 9.53 Å². The van der Waals surface area contributed by atoms with Gasteiger partial charge in [0.15, 0.2) is 12.4 Å². The van der Waals surface area contributed by atoms with Crippen molar-refractivity contribution in [2.24, 2.45) is 0 Å². The molecule has 1 aromatic carbocycles. The van der Waals surface area contributed by atoms with E-state index < -0.39 is 18.5 Å². The van der Waals surface area contributed by atoms with Crippen LogP contribution < -0.4 is 5.32 Å². The number of rotatable bonds is 5. The Balaban J connectivity index is 2.03. The van der Waals surface area contributed by atoms with Gasteiger partial charge in [0.1, 0.15) is 5.69 Å². The van der Waals surface area contributed by atoms with Crippen LogP contribution in [0.15, 0.2) is 18.2 Å². The van der Waals surface area contributed by atoms with E-state index in [2.05, 4.69) is 10.3 Å². The van der Waals surface area contributed by atoms with Crippen LogP contribution in [-0.4, -0.2) is 29.3 Å². The molecule has 0 aliphatic rings. The second-order valence-electron chi connectivity index (χ2n) is 5.43. The van der Waals surface area contributed by atoms with Gasteiger partial charge < -0.3 is 15.0 Å². The summed E-state index contributed by atoms with van der Waals surface area (Å²) < 4.78 is 4.99. The average molecular weight is 383 g/mol. The third-order valence-electron chi connectivity index (χ3n) is 3.53. The Labute approximate surface area is 154 Å². The molecule has 6 nitrogen and oxygen atoms in total. The monoisotopic (exact) mass is 382 g/mol. The van der Waals surface area contributed by atoms with Gasteiger partial charge in [-0.2, -0.15) is 0 Å². The average Bonchev–Trinajstić information content (AvgIpc) is 2.83. The van der Waals surface area contributed by atoms with Crippen molar-refractivity contribution in [1.82, 2.24) is 4.98 Å². The zero-order valence-corrected chi connectivity index (χ0v) is 15.3. The summed E-state index contributed by atoms with van der Waals surface area (Å²) in [5.41, 5.74) is 1.99. The number of ether oxygens (including phenoxy) is 1. The van der Waals surface area contributed by atoms with Gasteiger partial charge in [-0.15, -0.1) is 0 Å². The molecule has 2 N–H and O–H groups in total. The van der Waals surface area contributed by atoms with Gasteiger partial charge in [0.25, 0.3) is 5.91 Å². The fourth-order valence-electron chi connectivity index (χ4n) is 2.47. The Morgan fingerprint density at radius 2 is 1.88 bits per heavy atom. The van der Waals surface area contributed by atoms with Crippen molar-refractivity contribution in [1.29, 1.82) is 0 Å². The summed E-state index contributed by atoms with van der Waals surface area (Å²) in [7, 11) is 0. The van der Waals surface area contributed by atoms with Crippen molar-refractivity contribution in [3.8, 4) is 0 Å². The topological polar surface area (TPSA) is 88.3 Å². The smallest absolute Gasteiger partial charge is 0.355 e. The van der Waals surface area contributed by atoms with Crippen molar-refractivity contribution in [2.45, 2.75) is 20.8 Å². The SMILES string of the molecule is CC(=O)c1c(C)[nH]c(C(=O)OCC(=O)Nc2cc(Cl)ccc2Cl)c1C. The van der Waals surface area contributed by atoms with Crippen molar-refractivity contribution < 1.29 is 19.1 Å². The number of anilines is 1. The number of halogens is 2. The quantitative estimate of drug-likeness (QED) is 0.605. The first kappa shape index (κ1) is 19.0. The zero-order chi connectivity index (χ0) is 18.7. The Bertz CT molecular complexity index is 859. The first-order valence-electron chi connectivity index (χ1n) is 7.32. The van der Waals surface area contributed by atoms with Crippen molar-refractivity contribution in [3.63, 3.8) is 0 Å². The summed E-state index contributed by atoms with van der Waals surface area (Å²) in [6, 6.07) is 4.61. The fraction of sp³-hybridized carbons (Fsp3) is 0.235. The lowest BCUT2D eigenvalue weighted by molar-refractivity contribution is -0.119. The number of aryl methyl sites for hydroxylation is 1. The number of carbonyl (C=O) groups excluding carboxylic acids is 3. The number of ketones is 1. The van der Waals surface area contributed by atoms with Crippen LogP contribution in [0, 0.1) is 13.8 Å². The van der Waals surface area contributed by atoms with E-state index in [0.717, 1.165) is 0 Å². The maximum absolute atomic E-state index is 12.1. The van der Waals surface area contributed by atoms with Crippen LogP contribution >= 0.6 is 23.2 Å². The summed E-state index contributed by atoms with van der Waals surface area (Å²) in [4.78, 5) is 38.5. The molecule has 1 heterocycles. The third-order valence-corrected chi connectivity index (χ3v) is 4.10. The molecule has 0 spiro atoms. The van der Waals surface area contributed by atoms with Gasteiger partial charge in [-0.1, -0.05) is 23.2 Å². The first-order valence-corrected chi connectivity index (χ1v) is 8.08. The van der Waals surface area contributed by atoms with Gasteiger partial charge in [0.2, 0.25) is 0 Å². The molecule has 1 amide bonds. The van der Waals surface area contributed by atoms with E-state index in [1.54, 1.807) is 26.0 Å². The van der Waals surface area contributed by atoms with Gasteiger partial charge >= 0.3 is 5.97 Å². The van der Waals surface area contributed by atoms with E-state index in [-0.39, 0.29) is 11.5 Å². The Morgan fingerprint density at radius 1 is 1.20 bits per heavy atom. The van der Waals surface area contributed by atoms with Crippen molar-refractivity contribution in [2.75, 3.05) is 11.9 Å². The van der Waals surface area contributed by atoms with Gasteiger partial charge in [0, 0.05) is 16.3 Å². The number of nitrogens with one attached hydrogen (secondary N) is 2. The first-order chi connectivity index (χ1) is 11.7. The van der Waals surface area contributed by atoms with Crippen LogP contribution in [0.1, 0.15) is 39.0 Å². The summed E-state index contributed by atoms with van der Waals surface area (Å²) in [5, 5.41) is 3.23. The second kappa shape index (κ2) is 7.72. The molecular formula is C17H16Cl2N2O4. The molecule has 2 aromatic rings. The number of aromatic amines is 1. The summed E-state index contributed by atoms with van der Waals surface area (Å²) in [6.07, 6.45) is 0. The predicted octanol–water partition coefficient (Wildman–Crippen LogP) is 3.94. The Kier molecular flexibility index (Phi) is 5.87. The molecule has 0 saturated carbocycles. The van der Waals surface area contributed by atoms with Gasteiger partial charge in [-0.05, 0) is 44.5 Å². The normalized spacial score (nSPS) is 10.4. The fourth-order valence-corrected chi connectivity index (χ4v) is 2.80. The predicted molar refractivity (Wildman–Crippen MR) is 95.6 cm³/mol. The highest BCUT2D eigenvalue weighted by atomic mass is 35.5. The van der Waals surface area contributed by atoms with Gasteiger partial charge in [-0.3, -0.25) is 9.59 Å². The summed E-state index contributed by atoms with van der Waals surface area (Å²) >= 11 is 11.8. The minimum atomic E-state index is -0.722. The van der Waals surface area contributed by atoms with Crippen molar-refractivity contribution in [3.05, 3.63) is 50.8 Å². The van der Waals surface area contributed by atoms with E-state index in [9.17, 15) is 14.4 Å². The molecule has 8 heteroatoms. The molecule has 0 saturated heterocycles. The minimum absolute atomic E-state index is 0.149. The molecule has 132 valence electrons. The van der Waals surface area contributed by atoms with Crippen LogP contribution in [0.25, 0.3) is 0 Å². The molecule has 0 bridgehead atoms. The molecule has 2 rings (SSSR count). The van der Waals surface area contributed by atoms with Gasteiger partial charge in [-0.25, -0.2) is 4.79 Å². The molecule has 1 aromatic heterocycles. The molecule has 0 atom stereocenters. The molecule has 0 fully saturated rings. The number of aromatic nitrogens is 1. The highest BCUT2D eigenvalue weighted by Crippen LogP contribution is 2.25. The van der Waals surface area contributed by atoms with Crippen LogP contribution in [0.3, 0.4) is 0 Å². The molecular weight excluding hydrogens is 367 g/mol. The molecule has 0 unspecified atom stereocenters. The Morgan fingerprint density at radius 3 is 2.48 bits per heavy atom.